The third kappa shape index (κ3) is 18.7. The topological polar surface area (TPSA) is 196 Å². The largest absolute Gasteiger partial charge is 0.395 e. The van der Waals surface area contributed by atoms with Gasteiger partial charge in [0.1, 0.15) is 19.1 Å². The lowest BCUT2D eigenvalue weighted by atomic mass is 10.1. The third-order valence-corrected chi connectivity index (χ3v) is 11.1. The Morgan fingerprint density at radius 2 is 1.13 bits per heavy atom. The summed E-state index contributed by atoms with van der Waals surface area (Å²) in [6.07, 6.45) is 17.4. The van der Waals surface area contributed by atoms with Crippen molar-refractivity contribution in [3.8, 4) is 0 Å². The summed E-state index contributed by atoms with van der Waals surface area (Å²) in [5.41, 5.74) is 5.41. The van der Waals surface area contributed by atoms with Crippen molar-refractivity contribution in [2.45, 2.75) is 18.6 Å². The van der Waals surface area contributed by atoms with Crippen molar-refractivity contribution in [1.82, 2.24) is 10.6 Å². The Bertz CT molecular complexity index is 1880. The average Bonchev–Trinajstić information content (AvgIpc) is 3.26. The summed E-state index contributed by atoms with van der Waals surface area (Å²) in [6, 6.07) is 17.7. The van der Waals surface area contributed by atoms with Crippen molar-refractivity contribution in [1.29, 1.82) is 0 Å². The van der Waals surface area contributed by atoms with Crippen LogP contribution in [0, 0.1) is 0 Å². The number of nitrogens with zero attached hydrogens (tertiary/aromatic N) is 4. The monoisotopic (exact) mass is 859 g/mol. The first-order chi connectivity index (χ1) is 29.2. The summed E-state index contributed by atoms with van der Waals surface area (Å²) in [5.74, 6) is -0.237. The number of allylic oxidation sites excluding steroid dienone is 4. The number of anilines is 2. The average molecular weight is 860 g/mol. The number of benzene rings is 2. The van der Waals surface area contributed by atoms with Crippen LogP contribution in [0.25, 0.3) is 18.2 Å². The van der Waals surface area contributed by atoms with Gasteiger partial charge in [0.05, 0.1) is 38.5 Å². The van der Waals surface area contributed by atoms with E-state index in [0.717, 1.165) is 33.6 Å². The Labute approximate surface area is 359 Å². The van der Waals surface area contributed by atoms with Crippen molar-refractivity contribution in [2.24, 2.45) is 4.99 Å². The van der Waals surface area contributed by atoms with Gasteiger partial charge in [-0.05, 0) is 52.6 Å². The molecule has 0 saturated heterocycles. The summed E-state index contributed by atoms with van der Waals surface area (Å²) in [5, 5.41) is 42.4. The molecular formula is C44H55N6O8S2+. The number of carbonyl (C=O) groups excluding carboxylic acids is 4. The highest BCUT2D eigenvalue weighted by molar-refractivity contribution is 8.76. The zero-order chi connectivity index (χ0) is 43.4. The molecule has 60 heavy (non-hydrogen) atoms. The predicted octanol–water partition coefficient (Wildman–Crippen LogP) is 2.37. The number of nitrogens with one attached hydrogen (secondary N) is 2. The number of carbonyl (C=O) groups is 4. The minimum atomic E-state index is -0.761. The summed E-state index contributed by atoms with van der Waals surface area (Å²) in [6.45, 7) is 5.35. The van der Waals surface area contributed by atoms with Crippen LogP contribution < -0.4 is 25.0 Å². The van der Waals surface area contributed by atoms with E-state index in [1.165, 1.54) is 27.8 Å². The van der Waals surface area contributed by atoms with Gasteiger partial charge in [-0.25, -0.2) is 0 Å². The van der Waals surface area contributed by atoms with E-state index in [2.05, 4.69) is 22.2 Å². The van der Waals surface area contributed by atoms with E-state index in [0.29, 0.717) is 38.8 Å². The van der Waals surface area contributed by atoms with Gasteiger partial charge in [0, 0.05) is 67.4 Å². The van der Waals surface area contributed by atoms with Crippen LogP contribution in [0.4, 0.5) is 11.4 Å². The Morgan fingerprint density at radius 3 is 1.58 bits per heavy atom. The highest BCUT2D eigenvalue weighted by atomic mass is 33.1. The number of aliphatic hydroxyl groups is 4. The van der Waals surface area contributed by atoms with Gasteiger partial charge in [0.2, 0.25) is 12.5 Å². The van der Waals surface area contributed by atoms with Gasteiger partial charge in [-0.2, -0.15) is 4.57 Å². The van der Waals surface area contributed by atoms with Crippen LogP contribution >= 0.6 is 21.6 Å². The molecule has 1 heterocycles. The predicted molar refractivity (Wildman–Crippen MR) is 243 cm³/mol. The molecule has 320 valence electrons. The fourth-order valence-corrected chi connectivity index (χ4v) is 7.76. The fraction of sp³-hybridized carbons (Fsp3) is 0.318. The van der Waals surface area contributed by atoms with Gasteiger partial charge in [-0.3, -0.25) is 14.6 Å². The summed E-state index contributed by atoms with van der Waals surface area (Å²) in [7, 11) is 2.60. The number of pyridine rings is 1. The number of aliphatic imine (C=N–C) groups is 1. The molecule has 0 aliphatic heterocycles. The highest BCUT2D eigenvalue weighted by Gasteiger charge is 2.17. The van der Waals surface area contributed by atoms with Crippen molar-refractivity contribution < 1.29 is 44.2 Å². The van der Waals surface area contributed by atoms with Crippen LogP contribution in [0.15, 0.2) is 108 Å². The Hall–Kier alpha value is -5.36. The van der Waals surface area contributed by atoms with Crippen molar-refractivity contribution in [3.63, 3.8) is 0 Å². The normalized spacial score (nSPS) is 12.7. The lowest BCUT2D eigenvalue weighted by molar-refractivity contribution is -0.684. The number of hydrogen-bond donors (Lipinski definition) is 6. The second-order valence-corrected chi connectivity index (χ2v) is 15.6. The van der Waals surface area contributed by atoms with Crippen molar-refractivity contribution in [2.75, 3.05) is 80.5 Å². The van der Waals surface area contributed by atoms with E-state index in [4.69, 9.17) is 0 Å². The maximum atomic E-state index is 12.7. The summed E-state index contributed by atoms with van der Waals surface area (Å²) in [4.78, 5) is 56.4. The van der Waals surface area contributed by atoms with Crippen LogP contribution in [-0.2, 0) is 25.7 Å². The molecule has 2 atom stereocenters. The number of amides is 2. The first-order valence-corrected chi connectivity index (χ1v) is 21.8. The minimum Gasteiger partial charge on any atom is -0.395 e. The molecule has 0 bridgehead atoms. The van der Waals surface area contributed by atoms with Crippen LogP contribution in [0.3, 0.4) is 0 Å². The Kier molecular flexibility index (Phi) is 23.7. The molecule has 16 heteroatoms. The number of aliphatic hydroxyl groups excluding tert-OH is 4. The van der Waals surface area contributed by atoms with Crippen molar-refractivity contribution in [3.05, 3.63) is 120 Å². The zero-order valence-corrected chi connectivity index (χ0v) is 35.1. The molecule has 0 radical (unpaired) electrons. The van der Waals surface area contributed by atoms with Gasteiger partial charge in [-0.1, -0.05) is 82.8 Å². The van der Waals surface area contributed by atoms with E-state index in [1.807, 2.05) is 94.8 Å². The molecule has 0 spiro atoms. The molecule has 14 nitrogen and oxygen atoms in total. The van der Waals surface area contributed by atoms with Gasteiger partial charge in [0.25, 0.3) is 5.91 Å². The van der Waals surface area contributed by atoms with Gasteiger partial charge < -0.3 is 50.4 Å². The first-order valence-electron chi connectivity index (χ1n) is 19.3. The van der Waals surface area contributed by atoms with Crippen LogP contribution in [0.5, 0.6) is 0 Å². The van der Waals surface area contributed by atoms with E-state index < -0.39 is 18.0 Å². The highest BCUT2D eigenvalue weighted by Crippen LogP contribution is 2.22. The second kappa shape index (κ2) is 29.0. The lowest BCUT2D eigenvalue weighted by Crippen LogP contribution is -2.46. The molecule has 0 fully saturated rings. The lowest BCUT2D eigenvalue weighted by Gasteiger charge is -2.22. The van der Waals surface area contributed by atoms with Crippen LogP contribution in [0.2, 0.25) is 0 Å². The maximum Gasteiger partial charge on any atom is 0.286 e. The Balaban J connectivity index is 1.36. The number of hydrogen-bond acceptors (Lipinski definition) is 13. The van der Waals surface area contributed by atoms with Gasteiger partial charge in [0.15, 0.2) is 12.4 Å². The summed E-state index contributed by atoms with van der Waals surface area (Å²) < 4.78 is 1.70. The molecular weight excluding hydrogens is 805 g/mol. The zero-order valence-electron chi connectivity index (χ0n) is 33.5. The molecule has 3 rings (SSSR count). The van der Waals surface area contributed by atoms with Crippen LogP contribution in [0.1, 0.15) is 16.7 Å². The molecule has 6 N–H and O–H groups in total. The molecule has 2 aromatic carbocycles. The molecule has 0 aliphatic rings. The maximum absolute atomic E-state index is 12.7. The smallest absolute Gasteiger partial charge is 0.286 e. The number of rotatable bonds is 29. The molecule has 3 aromatic rings. The van der Waals surface area contributed by atoms with Gasteiger partial charge >= 0.3 is 0 Å². The summed E-state index contributed by atoms with van der Waals surface area (Å²) >= 11 is 0. The second-order valence-electron chi connectivity index (χ2n) is 13.1. The quantitative estimate of drug-likeness (QED) is 0.0149. The van der Waals surface area contributed by atoms with Crippen molar-refractivity contribution >= 4 is 81.8 Å². The van der Waals surface area contributed by atoms with E-state index in [1.54, 1.807) is 29.1 Å². The molecule has 2 unspecified atom stereocenters. The number of aldehydes is 2. The SMILES string of the molecule is C=CC(/C=C/c1ccc(N(CCO)CCO)cc1)=C\C=NCC(=O)NC(C=O)CSSCC(C=O)NC(=O)C[n+]1ccc(/C=C/c2ccc(N(CCO)CCO)cc2)cc1. The minimum absolute atomic E-state index is 0.00151. The number of aromatic nitrogens is 1. The van der Waals surface area contributed by atoms with Crippen LogP contribution in [-0.4, -0.2) is 134 Å². The van der Waals surface area contributed by atoms with E-state index >= 15 is 0 Å². The van der Waals surface area contributed by atoms with E-state index in [-0.39, 0.29) is 56.9 Å². The standard InChI is InChI=1S/C44H54N6O8S2/c1-2-35(3-4-36-7-11-41(12-8-36)49(21-25-51)22-26-52)15-18-45-29-43(57)46-39(31-55)33-59-60-34-40(32-56)47-44(58)30-48-19-16-38(17-20-48)6-5-37-9-13-42(14-10-37)50(23-27-53)24-28-54/h2-20,31-32,39-40,51-54H,1,21-30,33-34H2,(H-,46,47,57,58)/p+1/b4-3+,35-15+,45-18?. The van der Waals surface area contributed by atoms with E-state index in [9.17, 15) is 39.6 Å². The Morgan fingerprint density at radius 1 is 0.683 bits per heavy atom. The molecule has 2 amide bonds. The fourth-order valence-electron chi connectivity index (χ4n) is 5.50. The molecule has 0 aliphatic carbocycles. The third-order valence-electron chi connectivity index (χ3n) is 8.62. The molecule has 0 saturated carbocycles. The first kappa shape index (κ1) is 49.0. The molecule has 1 aromatic heterocycles. The van der Waals surface area contributed by atoms with Gasteiger partial charge in [-0.15, -0.1) is 0 Å².